The molecular formula is C16H28. The van der Waals surface area contributed by atoms with Gasteiger partial charge in [-0.15, -0.1) is 6.58 Å². The van der Waals surface area contributed by atoms with E-state index in [2.05, 4.69) is 39.5 Å². The van der Waals surface area contributed by atoms with Crippen LogP contribution in [0.1, 0.15) is 59.3 Å². The number of hydrogen-bond acceptors (Lipinski definition) is 0. The third kappa shape index (κ3) is 4.55. The molecule has 0 radical (unpaired) electrons. The fourth-order valence-electron chi connectivity index (χ4n) is 2.74. The highest BCUT2D eigenvalue weighted by atomic mass is 14.2. The molecule has 0 spiro atoms. The molecule has 0 heterocycles. The van der Waals surface area contributed by atoms with Gasteiger partial charge in [0.15, 0.2) is 0 Å². The van der Waals surface area contributed by atoms with Gasteiger partial charge in [0.25, 0.3) is 0 Å². The largest absolute Gasteiger partial charge is 0.103 e. The van der Waals surface area contributed by atoms with E-state index in [1.807, 2.05) is 0 Å². The minimum absolute atomic E-state index is 0.858. The van der Waals surface area contributed by atoms with Crippen LogP contribution in [0.15, 0.2) is 24.3 Å². The van der Waals surface area contributed by atoms with Crippen LogP contribution in [-0.2, 0) is 0 Å². The van der Waals surface area contributed by atoms with Gasteiger partial charge in [-0.2, -0.15) is 0 Å². The highest BCUT2D eigenvalue weighted by Gasteiger charge is 2.18. The van der Waals surface area contributed by atoms with Crippen molar-refractivity contribution in [2.24, 2.45) is 17.8 Å². The van der Waals surface area contributed by atoms with Crippen LogP contribution in [0, 0.1) is 17.8 Å². The Morgan fingerprint density at radius 3 is 2.75 bits per heavy atom. The summed E-state index contributed by atoms with van der Waals surface area (Å²) < 4.78 is 0. The van der Waals surface area contributed by atoms with E-state index in [-0.39, 0.29) is 0 Å². The van der Waals surface area contributed by atoms with Crippen molar-refractivity contribution >= 4 is 0 Å². The smallest absolute Gasteiger partial charge is 0.0320 e. The fraction of sp³-hybridized carbons (Fsp3) is 0.750. The molecule has 0 amide bonds. The summed E-state index contributed by atoms with van der Waals surface area (Å²) in [5, 5.41) is 0. The molecule has 0 saturated heterocycles. The second kappa shape index (κ2) is 6.93. The van der Waals surface area contributed by atoms with Gasteiger partial charge in [0, 0.05) is 0 Å². The Morgan fingerprint density at radius 1 is 1.31 bits per heavy atom. The normalized spacial score (nSPS) is 36.2. The fourth-order valence-corrected chi connectivity index (χ4v) is 2.74. The molecule has 0 N–H and O–H groups in total. The lowest BCUT2D eigenvalue weighted by atomic mass is 9.80. The van der Waals surface area contributed by atoms with Crippen molar-refractivity contribution in [3.63, 3.8) is 0 Å². The van der Waals surface area contributed by atoms with E-state index in [4.69, 9.17) is 0 Å². The molecule has 16 heavy (non-hydrogen) atoms. The average molecular weight is 220 g/mol. The Balaban J connectivity index is 2.63. The summed E-state index contributed by atoms with van der Waals surface area (Å²) in [6.45, 7) is 11.0. The zero-order valence-corrected chi connectivity index (χ0v) is 11.3. The lowest BCUT2D eigenvalue weighted by Crippen LogP contribution is -2.14. The number of hydrogen-bond donors (Lipinski definition) is 0. The van der Waals surface area contributed by atoms with Crippen molar-refractivity contribution in [1.82, 2.24) is 0 Å². The molecular weight excluding hydrogens is 192 g/mol. The third-order valence-electron chi connectivity index (χ3n) is 4.24. The number of rotatable bonds is 2. The molecule has 1 aliphatic carbocycles. The highest BCUT2D eigenvalue weighted by Crippen LogP contribution is 2.30. The van der Waals surface area contributed by atoms with Crippen molar-refractivity contribution in [3.8, 4) is 0 Å². The van der Waals surface area contributed by atoms with Crippen LogP contribution < -0.4 is 0 Å². The van der Waals surface area contributed by atoms with E-state index in [1.165, 1.54) is 38.5 Å². The van der Waals surface area contributed by atoms with E-state index < -0.39 is 0 Å². The van der Waals surface area contributed by atoms with E-state index in [9.17, 15) is 0 Å². The summed E-state index contributed by atoms with van der Waals surface area (Å²) >= 11 is 0. The summed E-state index contributed by atoms with van der Waals surface area (Å²) in [5.74, 6) is 2.60. The summed E-state index contributed by atoms with van der Waals surface area (Å²) in [7, 11) is 0. The molecule has 3 atom stereocenters. The molecule has 0 aromatic heterocycles. The Bertz CT molecular complexity index is 236. The second-order valence-corrected chi connectivity index (χ2v) is 5.75. The average Bonchev–Trinajstić information content (AvgIpc) is 2.25. The van der Waals surface area contributed by atoms with E-state index in [0.717, 1.165) is 17.8 Å². The predicted octanol–water partition coefficient (Wildman–Crippen LogP) is 5.36. The Morgan fingerprint density at radius 2 is 2.06 bits per heavy atom. The maximum atomic E-state index is 3.90. The lowest BCUT2D eigenvalue weighted by molar-refractivity contribution is 0.280. The molecule has 92 valence electrons. The minimum atomic E-state index is 0.858. The SMILES string of the molecule is C=CCC1CC/C(C)=C/CCC(C)C(C)C1. The summed E-state index contributed by atoms with van der Waals surface area (Å²) in [6.07, 6.45) is 12.4. The van der Waals surface area contributed by atoms with Crippen molar-refractivity contribution in [3.05, 3.63) is 24.3 Å². The van der Waals surface area contributed by atoms with E-state index in [0.29, 0.717) is 0 Å². The molecule has 3 unspecified atom stereocenters. The van der Waals surface area contributed by atoms with Gasteiger partial charge >= 0.3 is 0 Å². The van der Waals surface area contributed by atoms with Gasteiger partial charge in [-0.05, 0) is 63.2 Å². The first kappa shape index (κ1) is 13.5. The molecule has 0 aromatic carbocycles. The molecule has 1 rings (SSSR count). The zero-order valence-electron chi connectivity index (χ0n) is 11.3. The summed E-state index contributed by atoms with van der Waals surface area (Å²) in [5.41, 5.74) is 1.59. The van der Waals surface area contributed by atoms with Gasteiger partial charge in [-0.25, -0.2) is 0 Å². The van der Waals surface area contributed by atoms with Crippen molar-refractivity contribution < 1.29 is 0 Å². The van der Waals surface area contributed by atoms with Crippen LogP contribution in [0.3, 0.4) is 0 Å². The molecule has 0 aromatic rings. The van der Waals surface area contributed by atoms with Crippen LogP contribution in [0.2, 0.25) is 0 Å². The van der Waals surface area contributed by atoms with Gasteiger partial charge < -0.3 is 0 Å². The van der Waals surface area contributed by atoms with Crippen LogP contribution in [-0.4, -0.2) is 0 Å². The predicted molar refractivity (Wildman–Crippen MR) is 73.5 cm³/mol. The van der Waals surface area contributed by atoms with Crippen molar-refractivity contribution in [2.75, 3.05) is 0 Å². The molecule has 0 saturated carbocycles. The highest BCUT2D eigenvalue weighted by molar-refractivity contribution is 4.99. The molecule has 0 aliphatic heterocycles. The van der Waals surface area contributed by atoms with Crippen molar-refractivity contribution in [2.45, 2.75) is 59.3 Å². The molecule has 1 aliphatic rings. The minimum Gasteiger partial charge on any atom is -0.103 e. The van der Waals surface area contributed by atoms with Gasteiger partial charge in [0.2, 0.25) is 0 Å². The second-order valence-electron chi connectivity index (χ2n) is 5.75. The zero-order chi connectivity index (χ0) is 12.0. The lowest BCUT2D eigenvalue weighted by Gasteiger charge is -2.26. The Labute approximate surface area is 102 Å². The molecule has 0 fully saturated rings. The van der Waals surface area contributed by atoms with Crippen LogP contribution >= 0.6 is 0 Å². The topological polar surface area (TPSA) is 0 Å². The standard InChI is InChI=1S/C16H28/c1-5-7-16-11-10-13(2)8-6-9-14(3)15(4)12-16/h5,8,14-16H,1,6-7,9-12H2,2-4H3/b13-8+. The first-order valence-corrected chi connectivity index (χ1v) is 6.90. The Hall–Kier alpha value is -0.520. The maximum Gasteiger partial charge on any atom is -0.0320 e. The van der Waals surface area contributed by atoms with Crippen molar-refractivity contribution in [1.29, 1.82) is 0 Å². The quantitative estimate of drug-likeness (QED) is 0.549. The molecule has 0 heteroatoms. The van der Waals surface area contributed by atoms with Gasteiger partial charge in [-0.1, -0.05) is 31.6 Å². The van der Waals surface area contributed by atoms with Crippen LogP contribution in [0.25, 0.3) is 0 Å². The monoisotopic (exact) mass is 220 g/mol. The van der Waals surface area contributed by atoms with Crippen LogP contribution in [0.4, 0.5) is 0 Å². The first-order valence-electron chi connectivity index (χ1n) is 6.90. The summed E-state index contributed by atoms with van der Waals surface area (Å²) in [6, 6.07) is 0. The van der Waals surface area contributed by atoms with E-state index in [1.54, 1.807) is 5.57 Å². The van der Waals surface area contributed by atoms with Gasteiger partial charge in [0.05, 0.1) is 0 Å². The number of allylic oxidation sites excluding steroid dienone is 3. The molecule has 0 bridgehead atoms. The van der Waals surface area contributed by atoms with Crippen LogP contribution in [0.5, 0.6) is 0 Å². The third-order valence-corrected chi connectivity index (χ3v) is 4.24. The Kier molecular flexibility index (Phi) is 5.87. The van der Waals surface area contributed by atoms with E-state index >= 15 is 0 Å². The van der Waals surface area contributed by atoms with Gasteiger partial charge in [-0.3, -0.25) is 0 Å². The molecule has 0 nitrogen and oxygen atoms in total. The maximum absolute atomic E-state index is 3.90. The van der Waals surface area contributed by atoms with Gasteiger partial charge in [0.1, 0.15) is 0 Å². The summed E-state index contributed by atoms with van der Waals surface area (Å²) in [4.78, 5) is 0. The first-order chi connectivity index (χ1) is 7.63.